The maximum absolute atomic E-state index is 14.1. The summed E-state index contributed by atoms with van der Waals surface area (Å²) < 4.78 is 7.86. The van der Waals surface area contributed by atoms with Gasteiger partial charge in [0.05, 0.1) is 36.2 Å². The van der Waals surface area contributed by atoms with Gasteiger partial charge >= 0.3 is 0 Å². The van der Waals surface area contributed by atoms with Gasteiger partial charge in [0, 0.05) is 99.2 Å². The second-order valence-corrected chi connectivity index (χ2v) is 20.6. The number of aromatic nitrogens is 4. The van der Waals surface area contributed by atoms with Crippen molar-refractivity contribution < 1.29 is 33.8 Å². The number of hydrogen-bond donors (Lipinski definition) is 3. The highest BCUT2D eigenvalue weighted by Gasteiger charge is 2.45. The number of nitrogens with zero attached hydrogens (tertiary/aromatic N) is 9. The molecule has 3 fully saturated rings. The number of piperazine rings is 1. The Balaban J connectivity index is 0.724. The number of fused-ring (bicyclic) bond motifs is 4. The van der Waals surface area contributed by atoms with Crippen LogP contribution in [-0.2, 0) is 29.0 Å². The summed E-state index contributed by atoms with van der Waals surface area (Å²) in [6.07, 6.45) is 8.34. The molecule has 5 aliphatic heterocycles. The lowest BCUT2D eigenvalue weighted by atomic mass is 9.90. The number of pyridine rings is 3. The van der Waals surface area contributed by atoms with Crippen molar-refractivity contribution in [2.24, 2.45) is 5.41 Å². The van der Waals surface area contributed by atoms with Crippen LogP contribution in [0.1, 0.15) is 108 Å². The molecule has 0 saturated carbocycles. The summed E-state index contributed by atoms with van der Waals surface area (Å²) in [6, 6.07) is 14.8. The fourth-order valence-electron chi connectivity index (χ4n) is 11.9. The average Bonchev–Trinajstić information content (AvgIpc) is 3.95. The third-order valence-electron chi connectivity index (χ3n) is 15.4. The van der Waals surface area contributed by atoms with Crippen molar-refractivity contribution in [2.45, 2.75) is 97.0 Å². The lowest BCUT2D eigenvalue weighted by Gasteiger charge is -2.46. The third kappa shape index (κ3) is 8.25. The Kier molecular flexibility index (Phi) is 11.7. The number of carbonyl (C=O) groups is 5. The molecule has 4 aromatic heterocycles. The van der Waals surface area contributed by atoms with Crippen LogP contribution in [0.15, 0.2) is 67.1 Å². The van der Waals surface area contributed by atoms with Crippen molar-refractivity contribution in [3.8, 4) is 17.0 Å². The number of hydrogen-bond acceptors (Lipinski definition) is 14. The van der Waals surface area contributed by atoms with Crippen LogP contribution in [0.5, 0.6) is 5.88 Å². The summed E-state index contributed by atoms with van der Waals surface area (Å²) in [5.74, 6) is -0.695. The molecule has 368 valence electrons. The van der Waals surface area contributed by atoms with Crippen molar-refractivity contribution in [2.75, 3.05) is 66.4 Å². The molecule has 3 saturated heterocycles. The van der Waals surface area contributed by atoms with Gasteiger partial charge < -0.3 is 29.5 Å². The molecule has 1 aromatic carbocycles. The molecule has 18 heteroatoms. The van der Waals surface area contributed by atoms with E-state index < -0.39 is 35.8 Å². The van der Waals surface area contributed by atoms with Gasteiger partial charge in [0.25, 0.3) is 17.7 Å². The molecule has 3 atom stereocenters. The predicted molar refractivity (Wildman–Crippen MR) is 266 cm³/mol. The van der Waals surface area contributed by atoms with E-state index in [1.807, 2.05) is 36.5 Å². The fraction of sp³-hybridized carbons (Fsp3) is 0.434. The van der Waals surface area contributed by atoms with Crippen LogP contribution in [0.3, 0.4) is 0 Å². The lowest BCUT2D eigenvalue weighted by molar-refractivity contribution is -0.136. The van der Waals surface area contributed by atoms with Crippen LogP contribution in [-0.4, -0.2) is 128 Å². The first kappa shape index (κ1) is 46.2. The normalized spacial score (nSPS) is 21.9. The number of amides is 5. The summed E-state index contributed by atoms with van der Waals surface area (Å²) in [4.78, 5) is 89.2. The SMILES string of the molecule is COc1ncc(-c2ccnc(N3CCn4c(cc5c4CC(C)(C)C5)C3=O)c2[C@@H](C)O)cc1Nc1ccc(N2CCN(C3CCN(c4ccc5c(c4)C(=O)N(C4CCC(=O)NC4=O)C5=O)CC3)C[C@@H]2C)cn1. The van der Waals surface area contributed by atoms with Crippen LogP contribution in [0.4, 0.5) is 28.7 Å². The number of anilines is 5. The van der Waals surface area contributed by atoms with Crippen molar-refractivity contribution in [1.29, 1.82) is 0 Å². The number of imide groups is 2. The van der Waals surface area contributed by atoms with Crippen LogP contribution in [0, 0.1) is 5.41 Å². The highest BCUT2D eigenvalue weighted by molar-refractivity contribution is 6.23. The number of rotatable bonds is 10. The van der Waals surface area contributed by atoms with Crippen molar-refractivity contribution in [1.82, 2.24) is 34.6 Å². The van der Waals surface area contributed by atoms with Crippen molar-refractivity contribution >= 4 is 58.2 Å². The number of aliphatic hydroxyl groups excluding tert-OH is 1. The smallest absolute Gasteiger partial charge is 0.276 e. The Morgan fingerprint density at radius 3 is 2.34 bits per heavy atom. The zero-order chi connectivity index (χ0) is 49.5. The molecule has 71 heavy (non-hydrogen) atoms. The zero-order valence-corrected chi connectivity index (χ0v) is 40.8. The fourth-order valence-corrected chi connectivity index (χ4v) is 11.9. The van der Waals surface area contributed by atoms with Crippen LogP contribution in [0.2, 0.25) is 0 Å². The number of methoxy groups -OCH3 is 1. The molecule has 1 aliphatic carbocycles. The van der Waals surface area contributed by atoms with Gasteiger partial charge in [-0.1, -0.05) is 13.8 Å². The number of ether oxygens (including phenoxy) is 1. The summed E-state index contributed by atoms with van der Waals surface area (Å²) in [5.41, 5.74) is 8.40. The standard InChI is InChI=1S/C53H59N11O7/c1-30-29-60(34-13-16-59(17-14-34)35-6-8-38-39(24-35)51(69)64(50(38)68)41-9-11-45(66)58-48(41)67)18-19-61(30)36-7-10-44(55-28-36)57-40-22-33(27-56-49(40)71-5)37-12-15-54-47(46(37)31(2)65)63-21-20-62-42(52(63)70)23-32-25-53(3,4)26-43(32)62/h6-8,10,12,15,22-24,27-28,30-31,34,41,65H,9,11,13-14,16-21,25-26,29H2,1-5H3,(H,55,57)(H,58,66,67)/t30-,31+,41?/m0/s1. The molecule has 6 aliphatic rings. The number of aliphatic hydroxyl groups is 1. The average molecular weight is 962 g/mol. The molecule has 0 bridgehead atoms. The first-order valence-corrected chi connectivity index (χ1v) is 24.7. The maximum Gasteiger partial charge on any atom is 0.276 e. The van der Waals surface area contributed by atoms with Crippen LogP contribution >= 0.6 is 0 Å². The van der Waals surface area contributed by atoms with Crippen LogP contribution in [0.25, 0.3) is 11.1 Å². The molecule has 3 N–H and O–H groups in total. The van der Waals surface area contributed by atoms with E-state index in [1.54, 1.807) is 43.5 Å². The predicted octanol–water partition coefficient (Wildman–Crippen LogP) is 5.51. The topological polar surface area (TPSA) is 199 Å². The minimum Gasteiger partial charge on any atom is -0.480 e. The van der Waals surface area contributed by atoms with E-state index in [4.69, 9.17) is 9.72 Å². The van der Waals surface area contributed by atoms with Gasteiger partial charge in [0.15, 0.2) is 0 Å². The number of piperidine rings is 2. The number of carbonyl (C=O) groups excluding carboxylic acids is 5. The third-order valence-corrected chi connectivity index (χ3v) is 15.4. The Labute approximate surface area is 412 Å². The Morgan fingerprint density at radius 1 is 0.817 bits per heavy atom. The van der Waals surface area contributed by atoms with Gasteiger partial charge in [-0.2, -0.15) is 0 Å². The van der Waals surface area contributed by atoms with E-state index in [-0.39, 0.29) is 35.8 Å². The minimum atomic E-state index is -0.988. The molecular formula is C53H59N11O7. The van der Waals surface area contributed by atoms with Gasteiger partial charge in [0.1, 0.15) is 29.1 Å². The van der Waals surface area contributed by atoms with E-state index in [2.05, 4.69) is 66.7 Å². The molecule has 0 spiro atoms. The summed E-state index contributed by atoms with van der Waals surface area (Å²) in [6.45, 7) is 13.8. The monoisotopic (exact) mass is 961 g/mol. The molecule has 5 aromatic rings. The second kappa shape index (κ2) is 17.9. The van der Waals surface area contributed by atoms with Gasteiger partial charge in [-0.15, -0.1) is 0 Å². The highest BCUT2D eigenvalue weighted by Crippen LogP contribution is 2.42. The van der Waals surface area contributed by atoms with E-state index in [9.17, 15) is 29.1 Å². The van der Waals surface area contributed by atoms with Gasteiger partial charge in [-0.05, 0) is 111 Å². The molecule has 0 radical (unpaired) electrons. The van der Waals surface area contributed by atoms with Gasteiger partial charge in [0.2, 0.25) is 17.7 Å². The highest BCUT2D eigenvalue weighted by atomic mass is 16.5. The lowest BCUT2D eigenvalue weighted by Crippen LogP contribution is -2.57. The Bertz CT molecular complexity index is 3000. The largest absolute Gasteiger partial charge is 0.480 e. The maximum atomic E-state index is 14.1. The van der Waals surface area contributed by atoms with E-state index in [0.717, 1.165) is 74.7 Å². The number of nitrogens with one attached hydrogen (secondary N) is 2. The van der Waals surface area contributed by atoms with Gasteiger partial charge in [-0.3, -0.25) is 44.0 Å². The van der Waals surface area contributed by atoms with E-state index in [0.29, 0.717) is 70.3 Å². The second-order valence-electron chi connectivity index (χ2n) is 20.6. The first-order chi connectivity index (χ1) is 34.2. The molecule has 18 nitrogen and oxygen atoms in total. The Morgan fingerprint density at radius 2 is 1.61 bits per heavy atom. The van der Waals surface area contributed by atoms with Gasteiger partial charge in [-0.25, -0.2) is 15.0 Å². The van der Waals surface area contributed by atoms with E-state index >= 15 is 0 Å². The summed E-state index contributed by atoms with van der Waals surface area (Å²) in [5, 5.41) is 17.0. The Hall–Kier alpha value is -7.18. The number of benzene rings is 1. The minimum absolute atomic E-state index is 0.0821. The summed E-state index contributed by atoms with van der Waals surface area (Å²) >= 11 is 0. The quantitative estimate of drug-likeness (QED) is 0.148. The van der Waals surface area contributed by atoms with Crippen LogP contribution < -0.4 is 30.1 Å². The molecule has 11 rings (SSSR count). The van der Waals surface area contributed by atoms with E-state index in [1.165, 1.54) is 11.3 Å². The zero-order valence-electron chi connectivity index (χ0n) is 40.8. The molecule has 1 unspecified atom stereocenters. The molecular weight excluding hydrogens is 903 g/mol. The molecule has 5 amide bonds. The summed E-state index contributed by atoms with van der Waals surface area (Å²) in [7, 11) is 1.57. The molecule has 9 heterocycles. The van der Waals surface area contributed by atoms with Crippen molar-refractivity contribution in [3.05, 3.63) is 101 Å². The first-order valence-electron chi connectivity index (χ1n) is 24.7. The van der Waals surface area contributed by atoms with Crippen molar-refractivity contribution in [3.63, 3.8) is 0 Å².